The summed E-state index contributed by atoms with van der Waals surface area (Å²) in [5.41, 5.74) is 0.873. The number of amides is 3. The van der Waals surface area contributed by atoms with Crippen LogP contribution in [0.2, 0.25) is 0 Å². The van der Waals surface area contributed by atoms with Gasteiger partial charge in [0, 0.05) is 63.7 Å². The van der Waals surface area contributed by atoms with Crippen molar-refractivity contribution < 1.29 is 14.0 Å². The molecule has 5 rings (SSSR count). The summed E-state index contributed by atoms with van der Waals surface area (Å²) in [6.07, 6.45) is 4.89. The lowest BCUT2D eigenvalue weighted by Gasteiger charge is -2.50. The summed E-state index contributed by atoms with van der Waals surface area (Å²) in [5, 5.41) is 0. The molecule has 3 amide bonds. The lowest BCUT2D eigenvalue weighted by Crippen LogP contribution is -2.60. The molecule has 1 aromatic rings. The van der Waals surface area contributed by atoms with Crippen LogP contribution in [-0.4, -0.2) is 88.4 Å². The summed E-state index contributed by atoms with van der Waals surface area (Å²) in [7, 11) is 1.94. The van der Waals surface area contributed by atoms with Crippen LogP contribution in [0, 0.1) is 17.2 Å². The number of fused-ring (bicyclic) bond motifs is 2. The highest BCUT2D eigenvalue weighted by Crippen LogP contribution is 2.48. The van der Waals surface area contributed by atoms with Crippen molar-refractivity contribution in [3.05, 3.63) is 35.6 Å². The van der Waals surface area contributed by atoms with Gasteiger partial charge in [0.2, 0.25) is 5.91 Å². The van der Waals surface area contributed by atoms with Crippen molar-refractivity contribution in [2.75, 3.05) is 33.2 Å². The summed E-state index contributed by atoms with van der Waals surface area (Å²) in [6, 6.07) is 8.24. The molecule has 0 aliphatic carbocycles. The Hall–Kier alpha value is -2.15. The van der Waals surface area contributed by atoms with Crippen molar-refractivity contribution in [2.24, 2.45) is 11.3 Å². The van der Waals surface area contributed by atoms with Crippen LogP contribution < -0.4 is 0 Å². The fourth-order valence-electron chi connectivity index (χ4n) is 7.99. The predicted octanol–water partition coefficient (Wildman–Crippen LogP) is 4.95. The third kappa shape index (κ3) is 5.00. The van der Waals surface area contributed by atoms with Crippen LogP contribution in [0.1, 0.15) is 78.2 Å². The molecule has 7 heteroatoms. The van der Waals surface area contributed by atoms with E-state index in [1.165, 1.54) is 18.9 Å². The van der Waals surface area contributed by atoms with Crippen molar-refractivity contribution in [3.8, 4) is 0 Å². The highest BCUT2D eigenvalue weighted by atomic mass is 19.1. The van der Waals surface area contributed by atoms with Gasteiger partial charge >= 0.3 is 6.03 Å². The van der Waals surface area contributed by atoms with Crippen molar-refractivity contribution in [1.29, 1.82) is 0 Å². The van der Waals surface area contributed by atoms with Gasteiger partial charge in [-0.2, -0.15) is 0 Å². The van der Waals surface area contributed by atoms with E-state index < -0.39 is 0 Å². The molecule has 4 aliphatic heterocycles. The van der Waals surface area contributed by atoms with E-state index in [9.17, 15) is 14.0 Å². The molecule has 1 aromatic carbocycles. The Morgan fingerprint density at radius 1 is 1.14 bits per heavy atom. The summed E-state index contributed by atoms with van der Waals surface area (Å²) in [4.78, 5) is 35.0. The molecule has 6 nitrogen and oxygen atoms in total. The molecule has 0 aromatic heterocycles. The number of hydrogen-bond donors (Lipinski definition) is 0. The monoisotopic (exact) mass is 512 g/mol. The highest BCUT2D eigenvalue weighted by molar-refractivity contribution is 5.78. The molecule has 4 heterocycles. The number of urea groups is 1. The number of likely N-dealkylation sites (N-methyl/N-ethyl adjacent to an activating group) is 1. The summed E-state index contributed by atoms with van der Waals surface area (Å²) in [5.74, 6) is 0.412. The maximum absolute atomic E-state index is 14.2. The van der Waals surface area contributed by atoms with Crippen LogP contribution in [0.4, 0.5) is 9.18 Å². The van der Waals surface area contributed by atoms with Crippen LogP contribution in [0.15, 0.2) is 24.3 Å². The summed E-state index contributed by atoms with van der Waals surface area (Å²) in [6.45, 7) is 13.7. The molecule has 204 valence electrons. The minimum Gasteiger partial charge on any atom is -0.342 e. The molecule has 0 radical (unpaired) electrons. The fraction of sp³-hybridized carbons (Fsp3) is 0.733. The Labute approximate surface area is 222 Å². The first-order valence-electron chi connectivity index (χ1n) is 14.2. The topological polar surface area (TPSA) is 47.1 Å². The zero-order valence-corrected chi connectivity index (χ0v) is 23.5. The average molecular weight is 513 g/mol. The molecule has 4 saturated heterocycles. The maximum atomic E-state index is 14.2. The Morgan fingerprint density at radius 3 is 2.41 bits per heavy atom. The van der Waals surface area contributed by atoms with Gasteiger partial charge in [0.05, 0.1) is 5.54 Å². The first kappa shape index (κ1) is 26.5. The molecule has 4 aliphatic rings. The molecule has 1 spiro atoms. The first-order chi connectivity index (χ1) is 17.4. The third-order valence-electron chi connectivity index (χ3n) is 9.29. The highest BCUT2D eigenvalue weighted by Gasteiger charge is 2.57. The molecule has 2 unspecified atom stereocenters. The molecule has 4 atom stereocenters. The van der Waals surface area contributed by atoms with Crippen LogP contribution in [0.3, 0.4) is 0 Å². The summed E-state index contributed by atoms with van der Waals surface area (Å²) >= 11 is 0. The average Bonchev–Trinajstić information content (AvgIpc) is 3.39. The molecular weight excluding hydrogens is 467 g/mol. The number of rotatable bonds is 5. The minimum atomic E-state index is -0.209. The van der Waals surface area contributed by atoms with E-state index in [0.717, 1.165) is 38.0 Å². The molecule has 0 saturated carbocycles. The van der Waals surface area contributed by atoms with Gasteiger partial charge in [-0.25, -0.2) is 9.18 Å². The van der Waals surface area contributed by atoms with E-state index >= 15 is 0 Å². The van der Waals surface area contributed by atoms with Crippen LogP contribution in [0.25, 0.3) is 0 Å². The lowest BCUT2D eigenvalue weighted by molar-refractivity contribution is -0.132. The minimum absolute atomic E-state index is 0.0576. The number of nitrogens with zero attached hydrogens (tertiary/aromatic N) is 4. The SMILES string of the molecule is CC(C)N1C(=O)N(C)CC12CC1CCC(C2)N1C[C@H]1CN(C(=O)CC(C)(C)C)C[C@@H]1c1cccc(F)c1. The smallest absolute Gasteiger partial charge is 0.320 e. The normalized spacial score (nSPS) is 32.4. The van der Waals surface area contributed by atoms with Crippen molar-refractivity contribution in [2.45, 2.75) is 96.3 Å². The quantitative estimate of drug-likeness (QED) is 0.561. The molecule has 37 heavy (non-hydrogen) atoms. The van der Waals surface area contributed by atoms with Crippen molar-refractivity contribution in [3.63, 3.8) is 0 Å². The maximum Gasteiger partial charge on any atom is 0.320 e. The van der Waals surface area contributed by atoms with E-state index in [1.54, 1.807) is 12.1 Å². The van der Waals surface area contributed by atoms with Crippen LogP contribution >= 0.6 is 0 Å². The zero-order chi connectivity index (χ0) is 26.7. The van der Waals surface area contributed by atoms with Gasteiger partial charge in [-0.1, -0.05) is 32.9 Å². The standard InChI is InChI=1S/C30H45FN4O2/c1-20(2)35-28(37)32(6)19-30(35)13-24-10-11-25(14-30)34(24)17-22-16-33(27(36)15-29(3,4)5)18-26(22)21-8-7-9-23(31)12-21/h7-9,12,20,22,24-26H,10-11,13-19H2,1-6H3/t22-,24?,25?,26-,30?/m1/s1. The van der Waals surface area contributed by atoms with E-state index in [-0.39, 0.29) is 46.6 Å². The third-order valence-corrected chi connectivity index (χ3v) is 9.29. The number of carbonyl (C=O) groups is 2. The number of hydrogen-bond acceptors (Lipinski definition) is 3. The van der Waals surface area contributed by atoms with Gasteiger partial charge in [-0.05, 0) is 68.6 Å². The van der Waals surface area contributed by atoms with Gasteiger partial charge in [0.1, 0.15) is 5.82 Å². The molecular formula is C30H45FN4O2. The second kappa shape index (κ2) is 9.55. The number of benzene rings is 1. The first-order valence-corrected chi connectivity index (χ1v) is 14.2. The largest absolute Gasteiger partial charge is 0.342 e. The Bertz CT molecular complexity index is 1020. The van der Waals surface area contributed by atoms with E-state index in [2.05, 4.69) is 44.4 Å². The Balaban J connectivity index is 1.36. The van der Waals surface area contributed by atoms with Crippen LogP contribution in [0.5, 0.6) is 0 Å². The van der Waals surface area contributed by atoms with Gasteiger partial charge in [0.15, 0.2) is 0 Å². The number of piperidine rings is 1. The fourth-order valence-corrected chi connectivity index (χ4v) is 7.99. The molecule has 0 N–H and O–H groups in total. The van der Waals surface area contributed by atoms with Gasteiger partial charge in [-0.15, -0.1) is 0 Å². The second-order valence-corrected chi connectivity index (χ2v) is 13.8. The summed E-state index contributed by atoms with van der Waals surface area (Å²) < 4.78 is 14.2. The molecule has 2 bridgehead atoms. The molecule has 4 fully saturated rings. The number of carbonyl (C=O) groups excluding carboxylic acids is 2. The second-order valence-electron chi connectivity index (χ2n) is 13.8. The van der Waals surface area contributed by atoms with E-state index in [0.29, 0.717) is 25.0 Å². The van der Waals surface area contributed by atoms with Crippen LogP contribution in [-0.2, 0) is 4.79 Å². The van der Waals surface area contributed by atoms with Gasteiger partial charge in [0.25, 0.3) is 0 Å². The van der Waals surface area contributed by atoms with E-state index in [1.807, 2.05) is 22.9 Å². The Kier molecular flexibility index (Phi) is 6.83. The number of likely N-dealkylation sites (tertiary alicyclic amines) is 1. The number of halogens is 1. The predicted molar refractivity (Wildman–Crippen MR) is 144 cm³/mol. The van der Waals surface area contributed by atoms with Crippen molar-refractivity contribution >= 4 is 11.9 Å². The zero-order valence-electron chi connectivity index (χ0n) is 23.5. The van der Waals surface area contributed by atoms with Crippen molar-refractivity contribution in [1.82, 2.24) is 19.6 Å². The Morgan fingerprint density at radius 2 is 1.81 bits per heavy atom. The van der Waals surface area contributed by atoms with Gasteiger partial charge in [-0.3, -0.25) is 9.69 Å². The van der Waals surface area contributed by atoms with E-state index in [4.69, 9.17) is 0 Å². The lowest BCUT2D eigenvalue weighted by atomic mass is 9.80. The van der Waals surface area contributed by atoms with Gasteiger partial charge < -0.3 is 14.7 Å².